The molecule has 2 bridgehead atoms. The number of nitrogens with zero attached hydrogens (tertiary/aromatic N) is 1. The summed E-state index contributed by atoms with van der Waals surface area (Å²) in [4.78, 5) is 6.17. The van der Waals surface area contributed by atoms with Crippen molar-refractivity contribution < 1.29 is 4.84 Å². The predicted molar refractivity (Wildman–Crippen MR) is 82.9 cm³/mol. The van der Waals surface area contributed by atoms with Crippen molar-refractivity contribution in [1.82, 2.24) is 0 Å². The van der Waals surface area contributed by atoms with E-state index in [0.29, 0.717) is 12.1 Å². The lowest BCUT2D eigenvalue weighted by Crippen LogP contribution is -2.31. The smallest absolute Gasteiger partial charge is 0.0918 e. The quantitative estimate of drug-likeness (QED) is 0.813. The highest BCUT2D eigenvalue weighted by molar-refractivity contribution is 5.96. The van der Waals surface area contributed by atoms with Gasteiger partial charge in [-0.2, -0.15) is 0 Å². The van der Waals surface area contributed by atoms with Gasteiger partial charge in [-0.25, -0.2) is 5.06 Å². The van der Waals surface area contributed by atoms with Crippen LogP contribution in [0.15, 0.2) is 36.4 Å². The van der Waals surface area contributed by atoms with E-state index in [2.05, 4.69) is 48.4 Å². The van der Waals surface area contributed by atoms with Gasteiger partial charge in [0.05, 0.1) is 17.8 Å². The van der Waals surface area contributed by atoms with E-state index < -0.39 is 0 Å². The second kappa shape index (κ2) is 4.78. The van der Waals surface area contributed by atoms with E-state index in [1.54, 1.807) is 0 Å². The molecule has 104 valence electrons. The van der Waals surface area contributed by atoms with Crippen LogP contribution in [0, 0.1) is 0 Å². The average Bonchev–Trinajstić information content (AvgIpc) is 2.81. The van der Waals surface area contributed by atoms with Gasteiger partial charge in [-0.05, 0) is 23.8 Å². The summed E-state index contributed by atoms with van der Waals surface area (Å²) < 4.78 is 0. The summed E-state index contributed by atoms with van der Waals surface area (Å²) in [5.41, 5.74) is 2.79. The summed E-state index contributed by atoms with van der Waals surface area (Å²) in [7, 11) is 0. The van der Waals surface area contributed by atoms with E-state index in [1.165, 1.54) is 47.7 Å². The van der Waals surface area contributed by atoms with Crippen LogP contribution in [0.5, 0.6) is 0 Å². The molecular formula is C18H21NO. The van der Waals surface area contributed by atoms with Crippen LogP contribution in [0.25, 0.3) is 10.8 Å². The summed E-state index contributed by atoms with van der Waals surface area (Å²) in [5, 5.41) is 4.89. The molecule has 2 aromatic rings. The Hall–Kier alpha value is -1.54. The first-order chi connectivity index (χ1) is 9.86. The van der Waals surface area contributed by atoms with Crippen molar-refractivity contribution in [3.63, 3.8) is 0 Å². The third-order valence-electron chi connectivity index (χ3n) is 4.67. The van der Waals surface area contributed by atoms with E-state index in [-0.39, 0.29) is 0 Å². The molecule has 0 saturated carbocycles. The van der Waals surface area contributed by atoms with Crippen LogP contribution in [0.4, 0.5) is 5.69 Å². The van der Waals surface area contributed by atoms with Crippen molar-refractivity contribution in [3.05, 3.63) is 42.0 Å². The van der Waals surface area contributed by atoms with E-state index in [9.17, 15) is 0 Å². The lowest BCUT2D eigenvalue weighted by Gasteiger charge is -2.31. The molecule has 20 heavy (non-hydrogen) atoms. The summed E-state index contributed by atoms with van der Waals surface area (Å²) >= 11 is 0. The first-order valence-corrected chi connectivity index (χ1v) is 7.83. The third-order valence-corrected chi connectivity index (χ3v) is 4.67. The van der Waals surface area contributed by atoms with Crippen LogP contribution in [0.3, 0.4) is 0 Å². The molecule has 0 aliphatic carbocycles. The Balaban J connectivity index is 1.81. The van der Waals surface area contributed by atoms with Crippen molar-refractivity contribution in [3.8, 4) is 0 Å². The zero-order chi connectivity index (χ0) is 13.5. The lowest BCUT2D eigenvalue weighted by molar-refractivity contribution is 0.0736. The number of fused-ring (bicyclic) bond motifs is 6. The minimum Gasteiger partial charge on any atom is -0.269 e. The van der Waals surface area contributed by atoms with Crippen LogP contribution in [0.2, 0.25) is 0 Å². The predicted octanol–water partition coefficient (Wildman–Crippen LogP) is 4.47. The molecule has 0 radical (unpaired) electrons. The third kappa shape index (κ3) is 1.82. The van der Waals surface area contributed by atoms with Crippen LogP contribution < -0.4 is 5.06 Å². The first-order valence-electron chi connectivity index (χ1n) is 7.83. The molecule has 0 spiro atoms. The average molecular weight is 267 g/mol. The molecule has 0 amide bonds. The maximum atomic E-state index is 6.17. The fourth-order valence-corrected chi connectivity index (χ4v) is 3.69. The van der Waals surface area contributed by atoms with E-state index >= 15 is 0 Å². The molecule has 2 atom stereocenters. The van der Waals surface area contributed by atoms with Gasteiger partial charge in [0.25, 0.3) is 0 Å². The van der Waals surface area contributed by atoms with Gasteiger partial charge in [0, 0.05) is 11.8 Å². The van der Waals surface area contributed by atoms with Crippen LogP contribution in [-0.2, 0) is 11.3 Å². The maximum Gasteiger partial charge on any atom is 0.0918 e. The van der Waals surface area contributed by atoms with Crippen molar-refractivity contribution >= 4 is 16.5 Å². The standard InChI is InChI=1S/C18H21NO/c1-2-3-7-15-12-16-11-14-10-9-13-6-4-5-8-17(13)18(14)19(15)20-16/h4-6,8-10,15-16H,2-3,7,11-12H2,1H3/t15-,16+/m1/s1. The minimum atomic E-state index is 0.394. The van der Waals surface area contributed by atoms with Gasteiger partial charge in [-0.3, -0.25) is 4.84 Å². The van der Waals surface area contributed by atoms with Crippen molar-refractivity contribution in [2.45, 2.75) is 51.2 Å². The number of benzene rings is 2. The van der Waals surface area contributed by atoms with Crippen LogP contribution >= 0.6 is 0 Å². The number of rotatable bonds is 3. The Kier molecular flexibility index (Phi) is 2.92. The highest BCUT2D eigenvalue weighted by atomic mass is 16.7. The number of unbranched alkanes of at least 4 members (excludes halogenated alkanes) is 1. The fourth-order valence-electron chi connectivity index (χ4n) is 3.69. The SMILES string of the molecule is CCCC[C@@H]1C[C@@H]2Cc3ccc4ccccc4c3N1O2. The largest absolute Gasteiger partial charge is 0.269 e. The minimum absolute atomic E-state index is 0.394. The Morgan fingerprint density at radius 1 is 1.20 bits per heavy atom. The van der Waals surface area contributed by atoms with Gasteiger partial charge in [-0.1, -0.05) is 56.2 Å². The highest BCUT2D eigenvalue weighted by Crippen LogP contribution is 2.43. The second-order valence-electron chi connectivity index (χ2n) is 6.08. The normalized spacial score (nSPS) is 24.1. The van der Waals surface area contributed by atoms with Gasteiger partial charge in [0.15, 0.2) is 0 Å². The highest BCUT2D eigenvalue weighted by Gasteiger charge is 2.39. The first kappa shape index (κ1) is 12.2. The number of hydrogen-bond donors (Lipinski definition) is 0. The van der Waals surface area contributed by atoms with Gasteiger partial charge in [-0.15, -0.1) is 0 Å². The van der Waals surface area contributed by atoms with Crippen molar-refractivity contribution in [2.75, 3.05) is 5.06 Å². The zero-order valence-corrected chi connectivity index (χ0v) is 12.0. The van der Waals surface area contributed by atoms with Crippen molar-refractivity contribution in [2.24, 2.45) is 0 Å². The van der Waals surface area contributed by atoms with Gasteiger partial charge in [0.1, 0.15) is 0 Å². The molecule has 0 N–H and O–H groups in total. The Morgan fingerprint density at radius 3 is 3.00 bits per heavy atom. The van der Waals surface area contributed by atoms with Gasteiger partial charge >= 0.3 is 0 Å². The molecule has 2 aliphatic rings. The molecule has 2 aromatic carbocycles. The summed E-state index contributed by atoms with van der Waals surface area (Å²) in [6, 6.07) is 13.8. The van der Waals surface area contributed by atoms with Gasteiger partial charge < -0.3 is 0 Å². The summed E-state index contributed by atoms with van der Waals surface area (Å²) in [6.45, 7) is 2.26. The van der Waals surface area contributed by atoms with Crippen LogP contribution in [-0.4, -0.2) is 12.1 Å². The molecular weight excluding hydrogens is 246 g/mol. The number of hydrogen-bond acceptors (Lipinski definition) is 2. The molecule has 2 nitrogen and oxygen atoms in total. The van der Waals surface area contributed by atoms with Gasteiger partial charge in [0.2, 0.25) is 0 Å². The molecule has 2 heterocycles. The van der Waals surface area contributed by atoms with E-state index in [4.69, 9.17) is 4.84 Å². The Bertz CT molecular complexity index is 636. The molecule has 2 aliphatic heterocycles. The monoisotopic (exact) mass is 267 g/mol. The lowest BCUT2D eigenvalue weighted by atomic mass is 9.99. The molecule has 2 heteroatoms. The number of hydroxylamine groups is 1. The molecule has 0 aromatic heterocycles. The van der Waals surface area contributed by atoms with E-state index in [1.807, 2.05) is 0 Å². The van der Waals surface area contributed by atoms with Crippen molar-refractivity contribution in [1.29, 1.82) is 0 Å². The molecule has 4 rings (SSSR count). The Morgan fingerprint density at radius 2 is 2.10 bits per heavy atom. The number of anilines is 1. The molecule has 1 saturated heterocycles. The van der Waals surface area contributed by atoms with E-state index in [0.717, 1.165) is 6.42 Å². The Labute approximate surface area is 120 Å². The molecule has 0 unspecified atom stereocenters. The van der Waals surface area contributed by atoms with Crippen LogP contribution in [0.1, 0.15) is 38.2 Å². The zero-order valence-electron chi connectivity index (χ0n) is 12.0. The summed E-state index contributed by atoms with van der Waals surface area (Å²) in [5.74, 6) is 0. The topological polar surface area (TPSA) is 12.5 Å². The molecule has 1 fully saturated rings. The maximum absolute atomic E-state index is 6.17. The fraction of sp³-hybridized carbons (Fsp3) is 0.444. The summed E-state index contributed by atoms with van der Waals surface area (Å²) in [6.07, 6.45) is 6.44. The second-order valence-corrected chi connectivity index (χ2v) is 6.08.